The summed E-state index contributed by atoms with van der Waals surface area (Å²) in [5, 5.41) is 6.88. The molecule has 0 spiro atoms. The van der Waals surface area contributed by atoms with Crippen molar-refractivity contribution in [1.29, 1.82) is 0 Å². The maximum Gasteiger partial charge on any atom is 0.247 e. The molecule has 1 N–H and O–H groups in total. The highest BCUT2D eigenvalue weighted by Gasteiger charge is 2.25. The van der Waals surface area contributed by atoms with Crippen LogP contribution in [0.2, 0.25) is 0 Å². The van der Waals surface area contributed by atoms with Gasteiger partial charge in [-0.3, -0.25) is 19.1 Å². The zero-order chi connectivity index (χ0) is 19.4. The van der Waals surface area contributed by atoms with Crippen LogP contribution in [-0.4, -0.2) is 52.5 Å². The van der Waals surface area contributed by atoms with E-state index in [1.807, 2.05) is 12.1 Å². The van der Waals surface area contributed by atoms with E-state index in [1.54, 1.807) is 54.1 Å². The molecule has 8 heteroatoms. The Morgan fingerprint density at radius 1 is 1.30 bits per heavy atom. The van der Waals surface area contributed by atoms with Crippen molar-refractivity contribution in [3.8, 4) is 0 Å². The minimum atomic E-state index is -0.493. The molecule has 1 fully saturated rings. The van der Waals surface area contributed by atoms with Crippen LogP contribution in [0.5, 0.6) is 0 Å². The van der Waals surface area contributed by atoms with Crippen LogP contribution in [0.25, 0.3) is 0 Å². The van der Waals surface area contributed by atoms with Crippen LogP contribution in [-0.2, 0) is 14.4 Å². The summed E-state index contributed by atoms with van der Waals surface area (Å²) in [6.07, 6.45) is 4.64. The molecule has 0 aliphatic carbocycles. The third-order valence-electron chi connectivity index (χ3n) is 4.58. The molecule has 2 heterocycles. The molecular weight excluding hydrogens is 346 g/mol. The van der Waals surface area contributed by atoms with Gasteiger partial charge in [0.05, 0.1) is 17.9 Å². The van der Waals surface area contributed by atoms with Crippen LogP contribution in [0.15, 0.2) is 42.7 Å². The molecule has 3 rings (SSSR count). The van der Waals surface area contributed by atoms with Gasteiger partial charge in [-0.1, -0.05) is 12.1 Å². The van der Waals surface area contributed by atoms with E-state index in [-0.39, 0.29) is 24.3 Å². The number of likely N-dealkylation sites (N-methyl/N-ethyl adjacent to an activating group) is 1. The van der Waals surface area contributed by atoms with E-state index in [2.05, 4.69) is 10.4 Å². The lowest BCUT2D eigenvalue weighted by molar-refractivity contribution is -0.136. The lowest BCUT2D eigenvalue weighted by atomic mass is 10.2. The standard InChI is InChI=1S/C19H23N5O3/c1-14(24-12-6-10-20-24)19(27)22(2)13-17(25)21-15-7-3-4-8-16(15)23-11-5-9-18(23)26/h3-4,6-8,10,12,14H,5,9,11,13H2,1-2H3,(H,21,25). The Bertz CT molecular complexity index is 834. The predicted octanol–water partition coefficient (Wildman–Crippen LogP) is 1.67. The molecule has 1 aliphatic heterocycles. The van der Waals surface area contributed by atoms with Gasteiger partial charge in [-0.25, -0.2) is 0 Å². The number of nitrogens with zero attached hydrogens (tertiary/aromatic N) is 4. The van der Waals surface area contributed by atoms with Gasteiger partial charge in [0.15, 0.2) is 0 Å². The molecule has 1 saturated heterocycles. The molecule has 8 nitrogen and oxygen atoms in total. The van der Waals surface area contributed by atoms with Crippen LogP contribution < -0.4 is 10.2 Å². The monoisotopic (exact) mass is 369 g/mol. The van der Waals surface area contributed by atoms with Crippen LogP contribution >= 0.6 is 0 Å². The number of aromatic nitrogens is 2. The molecule has 1 aromatic carbocycles. The Kier molecular flexibility index (Phi) is 5.54. The SMILES string of the molecule is CC(C(=O)N(C)CC(=O)Nc1ccccc1N1CCCC1=O)n1cccn1. The smallest absolute Gasteiger partial charge is 0.247 e. The molecule has 0 radical (unpaired) electrons. The molecule has 0 bridgehead atoms. The minimum absolute atomic E-state index is 0.0528. The fourth-order valence-electron chi connectivity index (χ4n) is 3.14. The van der Waals surface area contributed by atoms with Crippen LogP contribution in [0.4, 0.5) is 11.4 Å². The lowest BCUT2D eigenvalue weighted by Gasteiger charge is -2.23. The maximum atomic E-state index is 12.5. The van der Waals surface area contributed by atoms with Crippen molar-refractivity contribution in [3.05, 3.63) is 42.7 Å². The number of para-hydroxylation sites is 2. The molecule has 2 aromatic rings. The van der Waals surface area contributed by atoms with E-state index in [0.717, 1.165) is 6.42 Å². The van der Waals surface area contributed by atoms with Crippen molar-refractivity contribution in [2.24, 2.45) is 0 Å². The molecule has 0 saturated carbocycles. The summed E-state index contributed by atoms with van der Waals surface area (Å²) in [5.41, 5.74) is 1.26. The fourth-order valence-corrected chi connectivity index (χ4v) is 3.14. The second-order valence-corrected chi connectivity index (χ2v) is 6.57. The average molecular weight is 369 g/mol. The summed E-state index contributed by atoms with van der Waals surface area (Å²) in [5.74, 6) is -0.480. The van der Waals surface area contributed by atoms with Gasteiger partial charge in [-0.05, 0) is 31.5 Å². The first-order valence-electron chi connectivity index (χ1n) is 8.90. The van der Waals surface area contributed by atoms with Crippen molar-refractivity contribution < 1.29 is 14.4 Å². The minimum Gasteiger partial charge on any atom is -0.335 e. The Hall–Kier alpha value is -3.16. The molecular formula is C19H23N5O3. The molecule has 1 aromatic heterocycles. The van der Waals surface area contributed by atoms with Gasteiger partial charge in [-0.2, -0.15) is 5.10 Å². The van der Waals surface area contributed by atoms with Crippen molar-refractivity contribution in [2.45, 2.75) is 25.8 Å². The summed E-state index contributed by atoms with van der Waals surface area (Å²) in [7, 11) is 1.58. The van der Waals surface area contributed by atoms with Gasteiger partial charge in [0.1, 0.15) is 6.04 Å². The third-order valence-corrected chi connectivity index (χ3v) is 4.58. The van der Waals surface area contributed by atoms with Crippen LogP contribution in [0.3, 0.4) is 0 Å². The largest absolute Gasteiger partial charge is 0.335 e. The van der Waals surface area contributed by atoms with E-state index in [1.165, 1.54) is 4.90 Å². The van der Waals surface area contributed by atoms with Crippen molar-refractivity contribution in [3.63, 3.8) is 0 Å². The molecule has 27 heavy (non-hydrogen) atoms. The average Bonchev–Trinajstić information content (AvgIpc) is 3.32. The van der Waals surface area contributed by atoms with Gasteiger partial charge in [0, 0.05) is 32.4 Å². The first-order valence-corrected chi connectivity index (χ1v) is 8.90. The van der Waals surface area contributed by atoms with Crippen LogP contribution in [0, 0.1) is 0 Å². The third kappa shape index (κ3) is 4.16. The maximum absolute atomic E-state index is 12.5. The second-order valence-electron chi connectivity index (χ2n) is 6.57. The fraction of sp³-hybridized carbons (Fsp3) is 0.368. The van der Waals surface area contributed by atoms with E-state index in [9.17, 15) is 14.4 Å². The number of anilines is 2. The highest BCUT2D eigenvalue weighted by molar-refractivity contribution is 6.03. The van der Waals surface area contributed by atoms with Gasteiger partial charge < -0.3 is 15.1 Å². The molecule has 142 valence electrons. The Labute approximate surface area is 157 Å². The number of amides is 3. The van der Waals surface area contributed by atoms with Crippen molar-refractivity contribution in [2.75, 3.05) is 30.4 Å². The number of carbonyl (C=O) groups is 3. The molecule has 1 unspecified atom stereocenters. The number of nitrogens with one attached hydrogen (secondary N) is 1. The highest BCUT2D eigenvalue weighted by atomic mass is 16.2. The topological polar surface area (TPSA) is 87.5 Å². The predicted molar refractivity (Wildman–Crippen MR) is 101 cm³/mol. The van der Waals surface area contributed by atoms with E-state index >= 15 is 0 Å². The van der Waals surface area contributed by atoms with Crippen LogP contribution in [0.1, 0.15) is 25.8 Å². The first kappa shape index (κ1) is 18.6. The number of hydrogen-bond donors (Lipinski definition) is 1. The van der Waals surface area contributed by atoms with Crippen molar-refractivity contribution >= 4 is 29.1 Å². The first-order chi connectivity index (χ1) is 13.0. The summed E-state index contributed by atoms with van der Waals surface area (Å²) in [6.45, 7) is 2.29. The normalized spacial score (nSPS) is 14.9. The zero-order valence-corrected chi connectivity index (χ0v) is 15.5. The highest BCUT2D eigenvalue weighted by Crippen LogP contribution is 2.29. The summed E-state index contributed by atoms with van der Waals surface area (Å²) < 4.78 is 1.55. The second kappa shape index (κ2) is 8.03. The Morgan fingerprint density at radius 3 is 2.74 bits per heavy atom. The van der Waals surface area contributed by atoms with Gasteiger partial charge in [0.2, 0.25) is 17.7 Å². The number of carbonyl (C=O) groups excluding carboxylic acids is 3. The lowest BCUT2D eigenvalue weighted by Crippen LogP contribution is -2.39. The van der Waals surface area contributed by atoms with E-state index in [4.69, 9.17) is 0 Å². The zero-order valence-electron chi connectivity index (χ0n) is 15.5. The number of benzene rings is 1. The summed E-state index contributed by atoms with van der Waals surface area (Å²) in [4.78, 5) is 40.0. The summed E-state index contributed by atoms with van der Waals surface area (Å²) >= 11 is 0. The quantitative estimate of drug-likeness (QED) is 0.839. The van der Waals surface area contributed by atoms with Gasteiger partial charge >= 0.3 is 0 Å². The number of rotatable bonds is 6. The van der Waals surface area contributed by atoms with Gasteiger partial charge in [-0.15, -0.1) is 0 Å². The Morgan fingerprint density at radius 2 is 2.07 bits per heavy atom. The molecule has 3 amide bonds. The van der Waals surface area contributed by atoms with Gasteiger partial charge in [0.25, 0.3) is 0 Å². The molecule has 1 atom stereocenters. The summed E-state index contributed by atoms with van der Waals surface area (Å²) in [6, 6.07) is 8.45. The van der Waals surface area contributed by atoms with Crippen molar-refractivity contribution in [1.82, 2.24) is 14.7 Å². The molecule has 1 aliphatic rings. The Balaban J connectivity index is 1.64. The van der Waals surface area contributed by atoms with E-state index in [0.29, 0.717) is 24.3 Å². The number of hydrogen-bond acceptors (Lipinski definition) is 4. The van der Waals surface area contributed by atoms with E-state index < -0.39 is 6.04 Å².